The van der Waals surface area contributed by atoms with Gasteiger partial charge in [-0.15, -0.1) is 0 Å². The first-order valence-electron chi connectivity index (χ1n) is 3.85. The maximum absolute atomic E-state index is 13.3. The Balaban J connectivity index is 3.07. The molecule has 2 heteroatoms. The summed E-state index contributed by atoms with van der Waals surface area (Å²) in [6.45, 7) is 3.34. The van der Waals surface area contributed by atoms with Crippen LogP contribution in [0.4, 0.5) is 4.39 Å². The molecule has 0 unspecified atom stereocenters. The maximum Gasteiger partial charge on any atom is 0.129 e. The van der Waals surface area contributed by atoms with E-state index in [0.717, 1.165) is 0 Å². The molecule has 0 heterocycles. The quantitative estimate of drug-likeness (QED) is 0.714. The summed E-state index contributed by atoms with van der Waals surface area (Å²) in [5, 5.41) is 8.80. The molecule has 0 atom stereocenters. The first-order chi connectivity index (χ1) is 5.66. The summed E-state index contributed by atoms with van der Waals surface area (Å²) in [5.41, 5.74) is 1.12. The highest BCUT2D eigenvalue weighted by molar-refractivity contribution is 5.34. The van der Waals surface area contributed by atoms with Crippen LogP contribution in [0.15, 0.2) is 18.2 Å². The lowest BCUT2D eigenvalue weighted by atomic mass is 9.99. The number of hydrogen-bond acceptors (Lipinski definition) is 1. The van der Waals surface area contributed by atoms with Gasteiger partial charge in [0, 0.05) is 5.92 Å². The number of benzene rings is 1. The van der Waals surface area contributed by atoms with Crippen molar-refractivity contribution in [3.63, 3.8) is 0 Å². The van der Waals surface area contributed by atoms with Gasteiger partial charge in [-0.1, -0.05) is 25.1 Å². The second-order valence-corrected chi connectivity index (χ2v) is 2.87. The van der Waals surface area contributed by atoms with Crippen LogP contribution in [0.1, 0.15) is 18.1 Å². The molecule has 0 saturated heterocycles. The van der Waals surface area contributed by atoms with Gasteiger partial charge in [-0.3, -0.25) is 0 Å². The molecule has 1 aromatic rings. The van der Waals surface area contributed by atoms with E-state index >= 15 is 0 Å². The van der Waals surface area contributed by atoms with E-state index in [1.807, 2.05) is 0 Å². The van der Waals surface area contributed by atoms with Gasteiger partial charge in [0.25, 0.3) is 0 Å². The molecule has 1 aromatic carbocycles. The fourth-order valence-electron chi connectivity index (χ4n) is 1.06. The van der Waals surface area contributed by atoms with E-state index in [1.165, 1.54) is 0 Å². The minimum Gasteiger partial charge on any atom is -0.395 e. The number of aliphatic hydroxyl groups is 1. The van der Waals surface area contributed by atoms with Crippen LogP contribution in [0.5, 0.6) is 0 Å². The van der Waals surface area contributed by atoms with Gasteiger partial charge in [0.2, 0.25) is 0 Å². The molecular weight excluding hydrogens is 155 g/mol. The van der Waals surface area contributed by atoms with Crippen LogP contribution in [0.25, 0.3) is 0 Å². The Morgan fingerprint density at radius 3 is 2.75 bits per heavy atom. The van der Waals surface area contributed by atoms with Crippen LogP contribution in [0.2, 0.25) is 0 Å². The van der Waals surface area contributed by atoms with Gasteiger partial charge in [0.1, 0.15) is 5.82 Å². The van der Waals surface area contributed by atoms with Crippen LogP contribution >= 0.6 is 0 Å². The zero-order valence-electron chi connectivity index (χ0n) is 7.26. The van der Waals surface area contributed by atoms with E-state index in [-0.39, 0.29) is 12.4 Å². The van der Waals surface area contributed by atoms with Crippen molar-refractivity contribution in [2.45, 2.75) is 13.8 Å². The maximum atomic E-state index is 13.3. The molecule has 1 nitrogen and oxygen atoms in total. The summed E-state index contributed by atoms with van der Waals surface area (Å²) >= 11 is 0. The molecular formula is C10H12FO. The Morgan fingerprint density at radius 2 is 2.17 bits per heavy atom. The lowest BCUT2D eigenvalue weighted by Gasteiger charge is -2.09. The second-order valence-electron chi connectivity index (χ2n) is 2.87. The summed E-state index contributed by atoms with van der Waals surface area (Å²) in [5.74, 6) is 0.431. The van der Waals surface area contributed by atoms with Crippen molar-refractivity contribution in [3.05, 3.63) is 41.1 Å². The first-order valence-corrected chi connectivity index (χ1v) is 3.85. The summed E-state index contributed by atoms with van der Waals surface area (Å²) in [7, 11) is 0. The van der Waals surface area contributed by atoms with E-state index in [1.54, 1.807) is 32.0 Å². The Kier molecular flexibility index (Phi) is 2.82. The average Bonchev–Trinajstić information content (AvgIpc) is 2.08. The standard InChI is InChI=1S/C10H12FO/c1-7-4-3-5-9(10(7)11)8(2)6-12/h3-5,12H,6H2,1-2H3. The van der Waals surface area contributed by atoms with Crippen molar-refractivity contribution >= 4 is 0 Å². The number of hydrogen-bond donors (Lipinski definition) is 1. The van der Waals surface area contributed by atoms with Crippen LogP contribution < -0.4 is 0 Å². The molecule has 0 amide bonds. The molecule has 12 heavy (non-hydrogen) atoms. The highest BCUT2D eigenvalue weighted by atomic mass is 19.1. The Hall–Kier alpha value is -0.890. The van der Waals surface area contributed by atoms with E-state index in [4.69, 9.17) is 5.11 Å². The number of aliphatic hydroxyl groups excluding tert-OH is 1. The van der Waals surface area contributed by atoms with Gasteiger partial charge in [0.05, 0.1) is 6.61 Å². The largest absolute Gasteiger partial charge is 0.395 e. The molecule has 0 aliphatic heterocycles. The van der Waals surface area contributed by atoms with Gasteiger partial charge >= 0.3 is 0 Å². The molecule has 1 rings (SSSR count). The molecule has 0 bridgehead atoms. The summed E-state index contributed by atoms with van der Waals surface area (Å²) < 4.78 is 13.3. The van der Waals surface area contributed by atoms with E-state index in [2.05, 4.69) is 0 Å². The van der Waals surface area contributed by atoms with Crippen molar-refractivity contribution in [1.82, 2.24) is 0 Å². The summed E-state index contributed by atoms with van der Waals surface area (Å²) in [6, 6.07) is 5.17. The third-order valence-corrected chi connectivity index (χ3v) is 1.89. The molecule has 0 fully saturated rings. The predicted octanol–water partition coefficient (Wildman–Crippen LogP) is 2.07. The fourth-order valence-corrected chi connectivity index (χ4v) is 1.06. The molecule has 65 valence electrons. The normalized spacial score (nSPS) is 10.8. The lowest BCUT2D eigenvalue weighted by molar-refractivity contribution is 0.313. The van der Waals surface area contributed by atoms with E-state index < -0.39 is 0 Å². The van der Waals surface area contributed by atoms with Crippen LogP contribution in [-0.4, -0.2) is 11.7 Å². The molecule has 0 spiro atoms. The van der Waals surface area contributed by atoms with E-state index in [9.17, 15) is 4.39 Å². The van der Waals surface area contributed by atoms with Crippen molar-refractivity contribution in [3.8, 4) is 0 Å². The number of aryl methyl sites for hydroxylation is 1. The third kappa shape index (κ3) is 1.64. The molecule has 0 aromatic heterocycles. The van der Waals surface area contributed by atoms with E-state index in [0.29, 0.717) is 17.0 Å². The highest BCUT2D eigenvalue weighted by Gasteiger charge is 2.11. The topological polar surface area (TPSA) is 20.2 Å². The second kappa shape index (κ2) is 3.68. The van der Waals surface area contributed by atoms with Crippen molar-refractivity contribution in [2.24, 2.45) is 0 Å². The van der Waals surface area contributed by atoms with Gasteiger partial charge < -0.3 is 5.11 Å². The zero-order chi connectivity index (χ0) is 9.14. The zero-order valence-corrected chi connectivity index (χ0v) is 7.26. The van der Waals surface area contributed by atoms with Crippen LogP contribution in [0.3, 0.4) is 0 Å². The predicted molar refractivity (Wildman–Crippen MR) is 46.2 cm³/mol. The summed E-state index contributed by atoms with van der Waals surface area (Å²) in [6.07, 6.45) is 0. The SMILES string of the molecule is C[C](CO)c1cccc(C)c1F. The lowest BCUT2D eigenvalue weighted by Crippen LogP contribution is -2.03. The first kappa shape index (κ1) is 9.20. The smallest absolute Gasteiger partial charge is 0.129 e. The molecule has 0 aliphatic rings. The molecule has 0 saturated carbocycles. The van der Waals surface area contributed by atoms with Gasteiger partial charge in [-0.05, 0) is 18.1 Å². The number of halogens is 1. The monoisotopic (exact) mass is 167 g/mol. The Labute approximate surface area is 71.9 Å². The third-order valence-electron chi connectivity index (χ3n) is 1.89. The Morgan fingerprint density at radius 1 is 1.50 bits per heavy atom. The average molecular weight is 167 g/mol. The molecule has 1 radical (unpaired) electrons. The van der Waals surface area contributed by atoms with Crippen molar-refractivity contribution in [2.75, 3.05) is 6.61 Å². The highest BCUT2D eigenvalue weighted by Crippen LogP contribution is 2.19. The summed E-state index contributed by atoms with van der Waals surface area (Å²) in [4.78, 5) is 0. The van der Waals surface area contributed by atoms with Crippen LogP contribution in [-0.2, 0) is 0 Å². The Bertz CT molecular complexity index is 271. The fraction of sp³-hybridized carbons (Fsp3) is 0.300. The minimum absolute atomic E-state index is 0.0969. The minimum atomic E-state index is -0.232. The van der Waals surface area contributed by atoms with Crippen LogP contribution in [0, 0.1) is 18.7 Å². The van der Waals surface area contributed by atoms with Crippen molar-refractivity contribution < 1.29 is 9.50 Å². The molecule has 0 aliphatic carbocycles. The van der Waals surface area contributed by atoms with Gasteiger partial charge in [-0.2, -0.15) is 0 Å². The van der Waals surface area contributed by atoms with Gasteiger partial charge in [-0.25, -0.2) is 4.39 Å². The number of rotatable bonds is 2. The molecule has 1 N–H and O–H groups in total. The van der Waals surface area contributed by atoms with Gasteiger partial charge in [0.15, 0.2) is 0 Å². The van der Waals surface area contributed by atoms with Crippen molar-refractivity contribution in [1.29, 1.82) is 0 Å².